The molecule has 2 nitrogen and oxygen atoms in total. The summed E-state index contributed by atoms with van der Waals surface area (Å²) in [5.74, 6) is 0.450. The number of benzene rings is 1. The Morgan fingerprint density at radius 3 is 3.05 bits per heavy atom. The number of ether oxygens (including phenoxy) is 1. The molecule has 2 saturated heterocycles. The van der Waals surface area contributed by atoms with E-state index in [2.05, 4.69) is 11.0 Å². The predicted octanol–water partition coefficient (Wildman–Crippen LogP) is 2.97. The highest BCUT2D eigenvalue weighted by Gasteiger charge is 2.31. The second-order valence-corrected chi connectivity index (χ2v) is 5.69. The van der Waals surface area contributed by atoms with Gasteiger partial charge in [-0.2, -0.15) is 0 Å². The molecule has 0 aliphatic carbocycles. The van der Waals surface area contributed by atoms with Crippen LogP contribution in [0.3, 0.4) is 0 Å². The molecule has 0 unspecified atom stereocenters. The minimum atomic E-state index is -0.0395. The molecule has 2 aliphatic heterocycles. The van der Waals surface area contributed by atoms with Crippen molar-refractivity contribution in [3.63, 3.8) is 0 Å². The molecular formula is C16H22FNO. The first kappa shape index (κ1) is 13.1. The molecule has 0 bridgehead atoms. The van der Waals surface area contributed by atoms with Crippen molar-refractivity contribution in [2.45, 2.75) is 38.1 Å². The van der Waals surface area contributed by atoms with Gasteiger partial charge in [0.2, 0.25) is 0 Å². The lowest BCUT2D eigenvalue weighted by molar-refractivity contribution is -0.0275. The number of halogens is 1. The van der Waals surface area contributed by atoms with E-state index in [1.807, 2.05) is 13.0 Å². The molecule has 0 spiro atoms. The molecule has 19 heavy (non-hydrogen) atoms. The highest BCUT2D eigenvalue weighted by molar-refractivity contribution is 5.27. The fourth-order valence-corrected chi connectivity index (χ4v) is 3.38. The first-order valence-electron chi connectivity index (χ1n) is 7.38. The lowest BCUT2D eigenvalue weighted by Gasteiger charge is -2.42. The smallest absolute Gasteiger partial charge is 0.126 e. The van der Waals surface area contributed by atoms with Crippen LogP contribution in [0.25, 0.3) is 0 Å². The average molecular weight is 263 g/mol. The van der Waals surface area contributed by atoms with E-state index in [-0.39, 0.29) is 5.82 Å². The van der Waals surface area contributed by atoms with Crippen molar-refractivity contribution in [1.82, 2.24) is 4.90 Å². The Bertz CT molecular complexity index is 448. The summed E-state index contributed by atoms with van der Waals surface area (Å²) in [5, 5.41) is 0. The van der Waals surface area contributed by atoms with E-state index in [9.17, 15) is 4.39 Å². The lowest BCUT2D eigenvalue weighted by atomic mass is 9.84. The quantitative estimate of drug-likeness (QED) is 0.813. The van der Waals surface area contributed by atoms with E-state index in [1.54, 1.807) is 6.07 Å². The number of fused-ring (bicyclic) bond motifs is 1. The van der Waals surface area contributed by atoms with Crippen molar-refractivity contribution >= 4 is 0 Å². The van der Waals surface area contributed by atoms with Gasteiger partial charge in [-0.15, -0.1) is 0 Å². The molecule has 1 aromatic carbocycles. The van der Waals surface area contributed by atoms with Crippen LogP contribution < -0.4 is 0 Å². The summed E-state index contributed by atoms with van der Waals surface area (Å²) >= 11 is 0. The lowest BCUT2D eigenvalue weighted by Crippen LogP contribution is -2.49. The van der Waals surface area contributed by atoms with Crippen LogP contribution in [0.2, 0.25) is 0 Å². The van der Waals surface area contributed by atoms with E-state index in [0.29, 0.717) is 12.0 Å². The molecule has 0 aromatic heterocycles. The molecule has 0 amide bonds. The standard InChI is InChI=1S/C16H22FNO/c1-2-12-3-4-13(10-16(12)17)14-5-6-18-7-8-19-11-15(18)9-14/h3-4,10,14-15H,2,5-9,11H2,1H3/t14-,15-/m1/s1. The maximum absolute atomic E-state index is 13.9. The number of nitrogens with zero attached hydrogens (tertiary/aromatic N) is 1. The van der Waals surface area contributed by atoms with E-state index in [1.165, 1.54) is 5.56 Å². The highest BCUT2D eigenvalue weighted by Crippen LogP contribution is 2.33. The minimum absolute atomic E-state index is 0.0395. The van der Waals surface area contributed by atoms with Crippen molar-refractivity contribution in [1.29, 1.82) is 0 Å². The van der Waals surface area contributed by atoms with Gasteiger partial charge in [-0.1, -0.05) is 19.1 Å². The van der Waals surface area contributed by atoms with Crippen molar-refractivity contribution < 1.29 is 9.13 Å². The normalized spacial score (nSPS) is 28.1. The van der Waals surface area contributed by atoms with Gasteiger partial charge in [0, 0.05) is 12.6 Å². The fourth-order valence-electron chi connectivity index (χ4n) is 3.38. The number of rotatable bonds is 2. The zero-order valence-corrected chi connectivity index (χ0v) is 11.6. The molecule has 3 rings (SSSR count). The van der Waals surface area contributed by atoms with Crippen molar-refractivity contribution in [2.75, 3.05) is 26.3 Å². The summed E-state index contributed by atoms with van der Waals surface area (Å²) in [6.45, 7) is 5.87. The third kappa shape index (κ3) is 2.67. The topological polar surface area (TPSA) is 12.5 Å². The molecule has 3 heteroatoms. The molecular weight excluding hydrogens is 241 g/mol. The molecule has 104 valence electrons. The molecule has 0 radical (unpaired) electrons. The number of piperidine rings is 1. The molecule has 0 saturated carbocycles. The number of aryl methyl sites for hydroxylation is 1. The van der Waals surface area contributed by atoms with Gasteiger partial charge in [-0.05, 0) is 48.9 Å². The number of hydrogen-bond acceptors (Lipinski definition) is 2. The van der Waals surface area contributed by atoms with E-state index < -0.39 is 0 Å². The van der Waals surface area contributed by atoms with Crippen molar-refractivity contribution in [2.24, 2.45) is 0 Å². The van der Waals surface area contributed by atoms with Crippen LogP contribution >= 0.6 is 0 Å². The zero-order valence-electron chi connectivity index (χ0n) is 11.6. The first-order valence-corrected chi connectivity index (χ1v) is 7.38. The Morgan fingerprint density at radius 2 is 2.26 bits per heavy atom. The van der Waals surface area contributed by atoms with Crippen LogP contribution in [0.1, 0.15) is 36.8 Å². The van der Waals surface area contributed by atoms with Gasteiger partial charge in [0.1, 0.15) is 5.82 Å². The predicted molar refractivity (Wildman–Crippen MR) is 73.9 cm³/mol. The fraction of sp³-hybridized carbons (Fsp3) is 0.625. The summed E-state index contributed by atoms with van der Waals surface area (Å²) in [4.78, 5) is 2.52. The van der Waals surface area contributed by atoms with Crippen molar-refractivity contribution in [3.8, 4) is 0 Å². The summed E-state index contributed by atoms with van der Waals surface area (Å²) in [6, 6.07) is 6.35. The average Bonchev–Trinajstić information content (AvgIpc) is 2.46. The Kier molecular flexibility index (Phi) is 3.85. The zero-order chi connectivity index (χ0) is 13.2. The Balaban J connectivity index is 1.74. The molecule has 2 fully saturated rings. The minimum Gasteiger partial charge on any atom is -0.378 e. The maximum Gasteiger partial charge on any atom is 0.126 e. The maximum atomic E-state index is 13.9. The van der Waals surface area contributed by atoms with Crippen LogP contribution in [-0.2, 0) is 11.2 Å². The van der Waals surface area contributed by atoms with E-state index in [4.69, 9.17) is 4.74 Å². The van der Waals surface area contributed by atoms with E-state index in [0.717, 1.165) is 51.1 Å². The van der Waals surface area contributed by atoms with E-state index >= 15 is 0 Å². The van der Waals surface area contributed by atoms with Gasteiger partial charge < -0.3 is 4.74 Å². The Hall–Kier alpha value is -0.930. The van der Waals surface area contributed by atoms with Gasteiger partial charge in [0.15, 0.2) is 0 Å². The monoisotopic (exact) mass is 263 g/mol. The summed E-state index contributed by atoms with van der Waals surface area (Å²) in [5.41, 5.74) is 1.99. The van der Waals surface area contributed by atoms with Crippen LogP contribution in [0.5, 0.6) is 0 Å². The summed E-state index contributed by atoms with van der Waals surface area (Å²) < 4.78 is 19.5. The van der Waals surface area contributed by atoms with Crippen LogP contribution in [0, 0.1) is 5.82 Å². The van der Waals surface area contributed by atoms with Gasteiger partial charge in [0.05, 0.1) is 13.2 Å². The number of hydrogen-bond donors (Lipinski definition) is 0. The van der Waals surface area contributed by atoms with Crippen LogP contribution in [0.4, 0.5) is 4.39 Å². The van der Waals surface area contributed by atoms with Gasteiger partial charge in [-0.25, -0.2) is 4.39 Å². The largest absolute Gasteiger partial charge is 0.378 e. The third-order valence-corrected chi connectivity index (χ3v) is 4.60. The SMILES string of the molecule is CCc1ccc([C@@H]2CCN3CCOC[C@H]3C2)cc1F. The molecule has 0 N–H and O–H groups in total. The molecule has 2 atom stereocenters. The van der Waals surface area contributed by atoms with Gasteiger partial charge in [-0.3, -0.25) is 4.90 Å². The summed E-state index contributed by atoms with van der Waals surface area (Å²) in [7, 11) is 0. The van der Waals surface area contributed by atoms with Crippen LogP contribution in [-0.4, -0.2) is 37.2 Å². The highest BCUT2D eigenvalue weighted by atomic mass is 19.1. The Labute approximate surface area is 114 Å². The third-order valence-electron chi connectivity index (χ3n) is 4.60. The molecule has 2 aliphatic rings. The number of morpholine rings is 1. The Morgan fingerprint density at radius 1 is 1.37 bits per heavy atom. The van der Waals surface area contributed by atoms with Crippen molar-refractivity contribution in [3.05, 3.63) is 35.1 Å². The second-order valence-electron chi connectivity index (χ2n) is 5.69. The first-order chi connectivity index (χ1) is 9.28. The summed E-state index contributed by atoms with van der Waals surface area (Å²) in [6.07, 6.45) is 3.01. The van der Waals surface area contributed by atoms with Gasteiger partial charge in [0.25, 0.3) is 0 Å². The molecule has 2 heterocycles. The van der Waals surface area contributed by atoms with Crippen LogP contribution in [0.15, 0.2) is 18.2 Å². The second kappa shape index (κ2) is 5.59. The van der Waals surface area contributed by atoms with Gasteiger partial charge >= 0.3 is 0 Å². The molecule has 1 aromatic rings.